The van der Waals surface area contributed by atoms with Crippen LogP contribution in [0.5, 0.6) is 5.75 Å². The van der Waals surface area contributed by atoms with E-state index in [1.807, 2.05) is 24.3 Å². The van der Waals surface area contributed by atoms with Crippen LogP contribution < -0.4 is 26.0 Å². The SMILES string of the molecule is COc1cc(=C2C=c3ccccc3=N2)[nH]/c1=C\c1[nH]c(C)cc1C.CS(=O)(=O)O. The van der Waals surface area contributed by atoms with Gasteiger partial charge in [0, 0.05) is 22.7 Å². The van der Waals surface area contributed by atoms with Crippen LogP contribution in [0.15, 0.2) is 41.4 Å². The fourth-order valence-electron chi connectivity index (χ4n) is 3.07. The molecule has 8 heteroatoms. The Morgan fingerprint density at radius 1 is 1.14 bits per heavy atom. The summed E-state index contributed by atoms with van der Waals surface area (Å²) in [5.74, 6) is 0.809. The zero-order valence-electron chi connectivity index (χ0n) is 16.6. The number of benzene rings is 1. The quantitative estimate of drug-likeness (QED) is 0.533. The number of methoxy groups -OCH3 is 1. The zero-order chi connectivity index (χ0) is 21.2. The normalized spacial score (nSPS) is 15.1. The highest BCUT2D eigenvalue weighted by Gasteiger charge is 2.06. The predicted octanol–water partition coefficient (Wildman–Crippen LogP) is 0.523. The van der Waals surface area contributed by atoms with Gasteiger partial charge in [-0.1, -0.05) is 18.2 Å². The second-order valence-electron chi connectivity index (χ2n) is 6.79. The minimum Gasteiger partial charge on any atom is -0.494 e. The molecular formula is C21H23N3O4S. The summed E-state index contributed by atoms with van der Waals surface area (Å²) in [6.45, 7) is 4.15. The first-order valence-electron chi connectivity index (χ1n) is 8.87. The second-order valence-corrected chi connectivity index (χ2v) is 8.26. The van der Waals surface area contributed by atoms with Crippen molar-refractivity contribution in [2.75, 3.05) is 13.4 Å². The molecule has 0 atom stereocenters. The fraction of sp³-hybridized carbons (Fsp3) is 0.190. The molecule has 2 aromatic heterocycles. The van der Waals surface area contributed by atoms with Gasteiger partial charge >= 0.3 is 0 Å². The van der Waals surface area contributed by atoms with Gasteiger partial charge in [0.25, 0.3) is 10.1 Å². The van der Waals surface area contributed by atoms with E-state index in [1.54, 1.807) is 7.11 Å². The van der Waals surface area contributed by atoms with E-state index in [0.717, 1.165) is 44.1 Å². The van der Waals surface area contributed by atoms with Gasteiger partial charge in [-0.25, -0.2) is 4.99 Å². The molecule has 0 saturated heterocycles. The van der Waals surface area contributed by atoms with Crippen LogP contribution in [0.25, 0.3) is 17.8 Å². The third kappa shape index (κ3) is 5.24. The van der Waals surface area contributed by atoms with Crippen LogP contribution in [0, 0.1) is 13.8 Å². The highest BCUT2D eigenvalue weighted by Crippen LogP contribution is 2.10. The first kappa shape index (κ1) is 20.6. The Hall–Kier alpha value is -3.10. The monoisotopic (exact) mass is 413 g/mol. The van der Waals surface area contributed by atoms with Crippen molar-refractivity contribution in [3.63, 3.8) is 0 Å². The number of H-pyrrole nitrogens is 2. The average Bonchev–Trinajstić information content (AvgIpc) is 3.30. The second kappa shape index (κ2) is 8.10. The molecule has 3 heterocycles. The van der Waals surface area contributed by atoms with Crippen molar-refractivity contribution in [3.05, 3.63) is 74.6 Å². The maximum Gasteiger partial charge on any atom is 0.261 e. The van der Waals surface area contributed by atoms with E-state index in [-0.39, 0.29) is 0 Å². The summed E-state index contributed by atoms with van der Waals surface area (Å²) >= 11 is 0. The Balaban J connectivity index is 0.000000431. The molecule has 0 unspecified atom stereocenters. The van der Waals surface area contributed by atoms with Gasteiger partial charge in [0.15, 0.2) is 0 Å². The number of hydrogen-bond acceptors (Lipinski definition) is 4. The lowest BCUT2D eigenvalue weighted by Crippen LogP contribution is -2.19. The van der Waals surface area contributed by atoms with Crippen LogP contribution in [0.2, 0.25) is 0 Å². The number of nitrogens with zero attached hydrogens (tertiary/aromatic N) is 1. The van der Waals surface area contributed by atoms with E-state index in [1.165, 1.54) is 5.56 Å². The van der Waals surface area contributed by atoms with Crippen molar-refractivity contribution in [1.82, 2.24) is 9.97 Å². The first-order valence-corrected chi connectivity index (χ1v) is 10.7. The van der Waals surface area contributed by atoms with Crippen LogP contribution in [-0.4, -0.2) is 36.3 Å². The molecule has 3 aromatic rings. The number of ether oxygens (including phenoxy) is 1. The van der Waals surface area contributed by atoms with Gasteiger partial charge in [0.05, 0.1) is 35.1 Å². The maximum atomic E-state index is 9.19. The number of para-hydroxylation sites is 1. The molecule has 152 valence electrons. The van der Waals surface area contributed by atoms with E-state index >= 15 is 0 Å². The lowest BCUT2D eigenvalue weighted by atomic mass is 10.2. The van der Waals surface area contributed by atoms with Crippen LogP contribution in [0.4, 0.5) is 0 Å². The molecule has 0 fully saturated rings. The van der Waals surface area contributed by atoms with Crippen molar-refractivity contribution in [1.29, 1.82) is 0 Å². The Morgan fingerprint density at radius 2 is 1.83 bits per heavy atom. The highest BCUT2D eigenvalue weighted by molar-refractivity contribution is 7.85. The average molecular weight is 413 g/mol. The first-order chi connectivity index (χ1) is 13.6. The molecule has 3 N–H and O–H groups in total. The summed E-state index contributed by atoms with van der Waals surface area (Å²) < 4.78 is 31.4. The van der Waals surface area contributed by atoms with Crippen molar-refractivity contribution < 1.29 is 17.7 Å². The van der Waals surface area contributed by atoms with Crippen LogP contribution >= 0.6 is 0 Å². The Kier molecular flexibility index (Phi) is 5.76. The topological polar surface area (TPSA) is 108 Å². The van der Waals surface area contributed by atoms with Gasteiger partial charge < -0.3 is 14.7 Å². The third-order valence-corrected chi connectivity index (χ3v) is 4.25. The largest absolute Gasteiger partial charge is 0.494 e. The van der Waals surface area contributed by atoms with Crippen molar-refractivity contribution in [2.45, 2.75) is 13.8 Å². The molecule has 1 aliphatic heterocycles. The number of rotatable bonds is 2. The summed E-state index contributed by atoms with van der Waals surface area (Å²) in [6, 6.07) is 12.3. The molecule has 0 radical (unpaired) electrons. The van der Waals surface area contributed by atoms with E-state index in [9.17, 15) is 8.42 Å². The van der Waals surface area contributed by atoms with Crippen molar-refractivity contribution in [3.8, 4) is 5.75 Å². The molecule has 1 aliphatic rings. The standard InChI is InChI=1S/C20H19N3O.CH4O3S/c1-12-8-13(2)21-16(12)10-19-20(24-3)11-18(23-19)17-9-14-6-4-5-7-15(14)22-17;1-5(2,3)4/h4-11,21,23H,1-3H3;1H3,(H,2,3,4)/b18-17?,19-10-;. The molecule has 1 aromatic carbocycles. The number of nitrogens with one attached hydrogen (secondary N) is 2. The Bertz CT molecular complexity index is 1350. The summed E-state index contributed by atoms with van der Waals surface area (Å²) in [5, 5.41) is 4.03. The summed E-state index contributed by atoms with van der Waals surface area (Å²) in [5.41, 5.74) is 4.37. The van der Waals surface area contributed by atoms with Crippen molar-refractivity contribution >= 4 is 28.0 Å². The van der Waals surface area contributed by atoms with E-state index in [4.69, 9.17) is 14.3 Å². The molecule has 29 heavy (non-hydrogen) atoms. The molecular weight excluding hydrogens is 390 g/mol. The van der Waals surface area contributed by atoms with Gasteiger partial charge in [0.1, 0.15) is 5.75 Å². The van der Waals surface area contributed by atoms with Gasteiger partial charge in [0.2, 0.25) is 0 Å². The predicted molar refractivity (Wildman–Crippen MR) is 113 cm³/mol. The van der Waals surface area contributed by atoms with E-state index in [2.05, 4.69) is 48.1 Å². The zero-order valence-corrected chi connectivity index (χ0v) is 17.5. The molecule has 0 spiro atoms. The number of hydrogen-bond donors (Lipinski definition) is 3. The third-order valence-electron chi connectivity index (χ3n) is 4.25. The molecule has 0 amide bonds. The van der Waals surface area contributed by atoms with Crippen LogP contribution in [-0.2, 0) is 10.1 Å². The maximum absolute atomic E-state index is 9.19. The molecule has 0 saturated carbocycles. The number of aromatic nitrogens is 2. The minimum atomic E-state index is -3.67. The minimum absolute atomic E-state index is 0.715. The summed E-state index contributed by atoms with van der Waals surface area (Å²) in [6.07, 6.45) is 4.88. The van der Waals surface area contributed by atoms with Gasteiger partial charge in [-0.3, -0.25) is 4.55 Å². The molecule has 0 aliphatic carbocycles. The van der Waals surface area contributed by atoms with Crippen LogP contribution in [0.3, 0.4) is 0 Å². The van der Waals surface area contributed by atoms with Crippen molar-refractivity contribution in [2.24, 2.45) is 4.99 Å². The lowest BCUT2D eigenvalue weighted by Gasteiger charge is -1.94. The van der Waals surface area contributed by atoms with E-state index in [0.29, 0.717) is 6.26 Å². The molecule has 0 bridgehead atoms. The smallest absolute Gasteiger partial charge is 0.261 e. The lowest BCUT2D eigenvalue weighted by molar-refractivity contribution is 0.412. The van der Waals surface area contributed by atoms with E-state index < -0.39 is 10.1 Å². The van der Waals surface area contributed by atoms with Crippen LogP contribution in [0.1, 0.15) is 17.0 Å². The van der Waals surface area contributed by atoms with Gasteiger partial charge in [-0.05, 0) is 43.7 Å². The number of aromatic amines is 2. The number of fused-ring (bicyclic) bond motifs is 1. The molecule has 7 nitrogen and oxygen atoms in total. The number of aryl methyl sites for hydroxylation is 2. The molecule has 4 rings (SSSR count). The fourth-order valence-corrected chi connectivity index (χ4v) is 3.07. The Morgan fingerprint density at radius 3 is 2.41 bits per heavy atom. The summed E-state index contributed by atoms with van der Waals surface area (Å²) in [4.78, 5) is 11.5. The summed E-state index contributed by atoms with van der Waals surface area (Å²) in [7, 11) is -1.98. The highest BCUT2D eigenvalue weighted by atomic mass is 32.2. The Labute approximate surface area is 168 Å². The van der Waals surface area contributed by atoms with Gasteiger partial charge in [-0.2, -0.15) is 8.42 Å². The van der Waals surface area contributed by atoms with Gasteiger partial charge in [-0.15, -0.1) is 0 Å².